The molecule has 1 heterocycles. The summed E-state index contributed by atoms with van der Waals surface area (Å²) >= 11 is 0. The summed E-state index contributed by atoms with van der Waals surface area (Å²) in [4.78, 5) is 40.5. The number of esters is 1. The highest BCUT2D eigenvalue weighted by Gasteiger charge is 2.32. The lowest BCUT2D eigenvalue weighted by atomic mass is 9.98. The average molecular weight is 524 g/mol. The van der Waals surface area contributed by atoms with E-state index < -0.39 is 11.7 Å². The smallest absolute Gasteiger partial charge is 0.372 e. The number of tetrazole rings is 1. The molecule has 1 fully saturated rings. The lowest BCUT2D eigenvalue weighted by Crippen LogP contribution is -2.43. The molecule has 0 spiro atoms. The number of benzene rings is 1. The van der Waals surface area contributed by atoms with Gasteiger partial charge in [-0.1, -0.05) is 67.8 Å². The zero-order valence-electron chi connectivity index (χ0n) is 22.4. The van der Waals surface area contributed by atoms with E-state index in [-0.39, 0.29) is 24.7 Å². The number of likely N-dealkylation sites (N-methyl/N-ethyl adjacent to an activating group) is 1. The van der Waals surface area contributed by atoms with Crippen LogP contribution in [0.2, 0.25) is 0 Å². The lowest BCUT2D eigenvalue weighted by Gasteiger charge is -2.24. The van der Waals surface area contributed by atoms with Gasteiger partial charge in [0.25, 0.3) is 0 Å². The normalized spacial score (nSPS) is 21.7. The van der Waals surface area contributed by atoms with E-state index in [0.717, 1.165) is 41.5 Å². The molecule has 0 saturated heterocycles. The SMILES string of the molecule is CCN(CC1=CC=C(C(=O)OCc2ccccc2)CC1)C(=O)n1nnn(C2CC(C)CCCC2OC)c1=O. The van der Waals surface area contributed by atoms with Crippen molar-refractivity contribution in [2.75, 3.05) is 20.2 Å². The summed E-state index contributed by atoms with van der Waals surface area (Å²) in [5, 5.41) is 8.02. The Bertz CT molecular complexity index is 1230. The van der Waals surface area contributed by atoms with Gasteiger partial charge in [-0.15, -0.1) is 4.68 Å². The molecule has 1 amide bonds. The standard InChI is InChI=1S/C28H37N5O5/c1-4-31(18-21-13-15-23(16-14-21)26(34)38-19-22-10-6-5-7-11-22)27(35)33-28(36)32(29-30-33)24-17-20(2)9-8-12-25(24)37-3/h5-7,10-11,13,15,20,24-25H,4,8-9,12,14,16-19H2,1-3H3. The first-order valence-corrected chi connectivity index (χ1v) is 13.4. The van der Waals surface area contributed by atoms with E-state index in [4.69, 9.17) is 9.47 Å². The molecular formula is C28H37N5O5. The first-order valence-electron chi connectivity index (χ1n) is 13.4. The molecule has 38 heavy (non-hydrogen) atoms. The summed E-state index contributed by atoms with van der Waals surface area (Å²) < 4.78 is 13.3. The van der Waals surface area contributed by atoms with Crippen molar-refractivity contribution in [2.45, 2.75) is 71.1 Å². The number of nitrogens with zero attached hydrogens (tertiary/aromatic N) is 5. The Morgan fingerprint density at radius 3 is 2.58 bits per heavy atom. The second-order valence-electron chi connectivity index (χ2n) is 10.1. The van der Waals surface area contributed by atoms with Crippen molar-refractivity contribution in [2.24, 2.45) is 5.92 Å². The first-order chi connectivity index (χ1) is 18.4. The van der Waals surface area contributed by atoms with Crippen molar-refractivity contribution in [3.05, 3.63) is 69.7 Å². The van der Waals surface area contributed by atoms with Crippen LogP contribution < -0.4 is 5.69 Å². The van der Waals surface area contributed by atoms with Crippen LogP contribution in [-0.4, -0.2) is 63.0 Å². The van der Waals surface area contributed by atoms with Gasteiger partial charge in [0.1, 0.15) is 6.61 Å². The van der Waals surface area contributed by atoms with Crippen LogP contribution in [0, 0.1) is 5.92 Å². The topological polar surface area (TPSA) is 109 Å². The number of rotatable bonds is 8. The van der Waals surface area contributed by atoms with Crippen LogP contribution in [0.15, 0.2) is 58.4 Å². The Morgan fingerprint density at radius 2 is 1.89 bits per heavy atom. The summed E-state index contributed by atoms with van der Waals surface area (Å²) in [6.07, 6.45) is 8.29. The molecule has 0 N–H and O–H groups in total. The summed E-state index contributed by atoms with van der Waals surface area (Å²) in [6, 6.07) is 8.77. The summed E-state index contributed by atoms with van der Waals surface area (Å²) in [7, 11) is 1.65. The molecule has 204 valence electrons. The predicted molar refractivity (Wildman–Crippen MR) is 141 cm³/mol. The van der Waals surface area contributed by atoms with Crippen molar-refractivity contribution in [1.82, 2.24) is 24.7 Å². The Hall–Kier alpha value is -3.53. The van der Waals surface area contributed by atoms with Crippen LogP contribution in [0.5, 0.6) is 0 Å². The molecule has 2 aliphatic rings. The monoisotopic (exact) mass is 523 g/mol. The maximum Gasteiger partial charge on any atom is 0.372 e. The molecule has 1 aromatic heterocycles. The van der Waals surface area contributed by atoms with Gasteiger partial charge in [0.05, 0.1) is 12.1 Å². The molecule has 2 aliphatic carbocycles. The second kappa shape index (κ2) is 12.8. The number of carbonyl (C=O) groups excluding carboxylic acids is 2. The number of amides is 1. The number of aromatic nitrogens is 4. The van der Waals surface area contributed by atoms with Crippen molar-refractivity contribution in [3.63, 3.8) is 0 Å². The minimum absolute atomic E-state index is 0.145. The third-order valence-electron chi connectivity index (χ3n) is 7.42. The van der Waals surface area contributed by atoms with Crippen LogP contribution in [0.4, 0.5) is 4.79 Å². The molecule has 3 unspecified atom stereocenters. The zero-order chi connectivity index (χ0) is 27.1. The fourth-order valence-corrected chi connectivity index (χ4v) is 5.15. The number of methoxy groups -OCH3 is 1. The average Bonchev–Trinajstić information content (AvgIpc) is 3.22. The Kier molecular flexibility index (Phi) is 9.28. The maximum atomic E-state index is 13.3. The van der Waals surface area contributed by atoms with Gasteiger partial charge in [0, 0.05) is 25.8 Å². The van der Waals surface area contributed by atoms with Gasteiger partial charge in [-0.3, -0.25) is 0 Å². The van der Waals surface area contributed by atoms with E-state index in [1.54, 1.807) is 18.1 Å². The fourth-order valence-electron chi connectivity index (χ4n) is 5.15. The van der Waals surface area contributed by atoms with Gasteiger partial charge >= 0.3 is 17.7 Å². The van der Waals surface area contributed by atoms with Gasteiger partial charge in [-0.2, -0.15) is 4.68 Å². The number of ether oxygens (including phenoxy) is 2. The molecule has 1 aromatic carbocycles. The molecule has 0 radical (unpaired) electrons. The van der Waals surface area contributed by atoms with Crippen LogP contribution in [0.1, 0.15) is 64.0 Å². The molecular weight excluding hydrogens is 486 g/mol. The Labute approximate surface area is 222 Å². The van der Waals surface area contributed by atoms with E-state index in [2.05, 4.69) is 17.4 Å². The molecule has 0 bridgehead atoms. The van der Waals surface area contributed by atoms with Gasteiger partial charge in [0.15, 0.2) is 0 Å². The third kappa shape index (κ3) is 6.48. The predicted octanol–water partition coefficient (Wildman–Crippen LogP) is 3.89. The van der Waals surface area contributed by atoms with Gasteiger partial charge < -0.3 is 14.4 Å². The number of carbonyl (C=O) groups is 2. The summed E-state index contributed by atoms with van der Waals surface area (Å²) in [5.41, 5.74) is 1.97. The molecule has 10 heteroatoms. The maximum absolute atomic E-state index is 13.3. The minimum atomic E-state index is -0.546. The second-order valence-corrected chi connectivity index (χ2v) is 10.1. The van der Waals surface area contributed by atoms with Crippen LogP contribution >= 0.6 is 0 Å². The molecule has 10 nitrogen and oxygen atoms in total. The van der Waals surface area contributed by atoms with Gasteiger partial charge in [-0.25, -0.2) is 14.4 Å². The number of allylic oxidation sites excluding steroid dienone is 2. The molecule has 0 aliphatic heterocycles. The molecule has 4 rings (SSSR count). The first kappa shape index (κ1) is 27.5. The van der Waals surface area contributed by atoms with Crippen molar-refractivity contribution in [1.29, 1.82) is 0 Å². The Balaban J connectivity index is 1.41. The number of hydrogen-bond acceptors (Lipinski definition) is 7. The third-order valence-corrected chi connectivity index (χ3v) is 7.42. The minimum Gasteiger partial charge on any atom is -0.457 e. The van der Waals surface area contributed by atoms with Crippen molar-refractivity contribution < 1.29 is 19.1 Å². The lowest BCUT2D eigenvalue weighted by molar-refractivity contribution is -0.140. The van der Waals surface area contributed by atoms with Crippen molar-refractivity contribution >= 4 is 12.0 Å². The molecule has 2 aromatic rings. The highest BCUT2D eigenvalue weighted by atomic mass is 16.5. The quantitative estimate of drug-likeness (QED) is 0.293. The largest absolute Gasteiger partial charge is 0.457 e. The van der Waals surface area contributed by atoms with Gasteiger partial charge in [0.2, 0.25) is 0 Å². The highest BCUT2D eigenvalue weighted by molar-refractivity contribution is 5.89. The van der Waals surface area contributed by atoms with E-state index in [0.29, 0.717) is 37.4 Å². The van der Waals surface area contributed by atoms with Crippen LogP contribution in [-0.2, 0) is 20.9 Å². The van der Waals surface area contributed by atoms with E-state index in [1.807, 2.05) is 43.3 Å². The molecule has 1 saturated carbocycles. The van der Waals surface area contributed by atoms with E-state index in [9.17, 15) is 14.4 Å². The number of hydrogen-bond donors (Lipinski definition) is 0. The van der Waals surface area contributed by atoms with E-state index in [1.165, 1.54) is 4.68 Å². The summed E-state index contributed by atoms with van der Waals surface area (Å²) in [5.74, 6) is 0.0878. The summed E-state index contributed by atoms with van der Waals surface area (Å²) in [6.45, 7) is 4.97. The van der Waals surface area contributed by atoms with Crippen LogP contribution in [0.25, 0.3) is 0 Å². The molecule has 3 atom stereocenters. The van der Waals surface area contributed by atoms with Gasteiger partial charge in [-0.05, 0) is 54.5 Å². The van der Waals surface area contributed by atoms with E-state index >= 15 is 0 Å². The van der Waals surface area contributed by atoms with Crippen LogP contribution in [0.3, 0.4) is 0 Å². The zero-order valence-corrected chi connectivity index (χ0v) is 22.4. The Morgan fingerprint density at radius 1 is 1.11 bits per heavy atom. The highest BCUT2D eigenvalue weighted by Crippen LogP contribution is 2.31. The van der Waals surface area contributed by atoms with Crippen molar-refractivity contribution in [3.8, 4) is 0 Å². The fraction of sp³-hybridized carbons (Fsp3) is 0.536.